The first-order valence-corrected chi connectivity index (χ1v) is 13.6. The van der Waals surface area contributed by atoms with Crippen LogP contribution in [-0.2, 0) is 28.6 Å². The summed E-state index contributed by atoms with van der Waals surface area (Å²) in [6.45, 7) is 9.75. The minimum absolute atomic E-state index is 0.0700. The van der Waals surface area contributed by atoms with Gasteiger partial charge in [0.15, 0.2) is 0 Å². The van der Waals surface area contributed by atoms with Gasteiger partial charge < -0.3 is 19.3 Å². The van der Waals surface area contributed by atoms with Crippen molar-refractivity contribution >= 4 is 17.9 Å². The molecule has 1 N–H and O–H groups in total. The first-order chi connectivity index (χ1) is 16.3. The Kier molecular flexibility index (Phi) is 7.06. The number of aliphatic carboxylic acids is 1. The van der Waals surface area contributed by atoms with Gasteiger partial charge in [0, 0.05) is 6.42 Å². The van der Waals surface area contributed by atoms with Crippen LogP contribution < -0.4 is 0 Å². The minimum atomic E-state index is -0.903. The molecule has 0 spiro atoms. The van der Waals surface area contributed by atoms with Crippen molar-refractivity contribution in [2.45, 2.75) is 123 Å². The fourth-order valence-corrected chi connectivity index (χ4v) is 7.84. The summed E-state index contributed by atoms with van der Waals surface area (Å²) in [7, 11) is 0. The fraction of sp³-hybridized carbons (Fsp3) is 0.893. The molecule has 4 aliphatic carbocycles. The molecule has 5 rings (SSSR count). The highest BCUT2D eigenvalue weighted by molar-refractivity contribution is 5.81. The molecule has 1 saturated heterocycles. The molecule has 4 saturated carbocycles. The lowest BCUT2D eigenvalue weighted by molar-refractivity contribution is -0.217. The second-order valence-electron chi connectivity index (χ2n) is 13.2. The standard InChI is InChI=1S/C28H44O7/c1-6-26(5,24(32)33-15-21-9-7-8-18(2)34-21)16-25(3,4)23(31)35-28-13-19-10-20(14-28)12-27(11-19,17-28)22(29)30/h18-21H,6-17H2,1-5H3,(H,29,30). The molecule has 1 aliphatic heterocycles. The lowest BCUT2D eigenvalue weighted by Gasteiger charge is -2.59. The maximum absolute atomic E-state index is 13.5. The Morgan fingerprint density at radius 3 is 2.26 bits per heavy atom. The van der Waals surface area contributed by atoms with Crippen LogP contribution >= 0.6 is 0 Å². The number of hydrogen-bond donors (Lipinski definition) is 1. The van der Waals surface area contributed by atoms with E-state index in [1.165, 1.54) is 0 Å². The minimum Gasteiger partial charge on any atom is -0.481 e. The zero-order chi connectivity index (χ0) is 25.6. The quantitative estimate of drug-likeness (QED) is 0.437. The molecule has 35 heavy (non-hydrogen) atoms. The summed E-state index contributed by atoms with van der Waals surface area (Å²) in [5.41, 5.74) is -3.17. The summed E-state index contributed by atoms with van der Waals surface area (Å²) in [4.78, 5) is 38.9. The lowest BCUT2D eigenvalue weighted by atomic mass is 9.48. The Morgan fingerprint density at radius 2 is 1.69 bits per heavy atom. The van der Waals surface area contributed by atoms with E-state index in [0.29, 0.717) is 43.9 Å². The van der Waals surface area contributed by atoms with Gasteiger partial charge >= 0.3 is 17.9 Å². The van der Waals surface area contributed by atoms with E-state index in [-0.39, 0.29) is 30.8 Å². The second kappa shape index (κ2) is 9.35. The van der Waals surface area contributed by atoms with Crippen molar-refractivity contribution in [3.63, 3.8) is 0 Å². The molecule has 7 nitrogen and oxygen atoms in total. The maximum atomic E-state index is 13.5. The Balaban J connectivity index is 1.40. The zero-order valence-electron chi connectivity index (χ0n) is 22.2. The Labute approximate surface area is 209 Å². The van der Waals surface area contributed by atoms with Gasteiger partial charge in [0.05, 0.1) is 28.5 Å². The Hall–Kier alpha value is -1.63. The van der Waals surface area contributed by atoms with Gasteiger partial charge in [-0.15, -0.1) is 0 Å². The highest BCUT2D eigenvalue weighted by Gasteiger charge is 2.63. The number of ether oxygens (including phenoxy) is 3. The lowest BCUT2D eigenvalue weighted by Crippen LogP contribution is -2.60. The normalized spacial score (nSPS) is 38.0. The third kappa shape index (κ3) is 5.26. The molecule has 1 heterocycles. The van der Waals surface area contributed by atoms with Crippen LogP contribution in [0.4, 0.5) is 0 Å². The van der Waals surface area contributed by atoms with Crippen molar-refractivity contribution in [2.24, 2.45) is 28.1 Å². The predicted molar refractivity (Wildman–Crippen MR) is 130 cm³/mol. The van der Waals surface area contributed by atoms with E-state index in [2.05, 4.69) is 0 Å². The molecule has 5 atom stereocenters. The van der Waals surface area contributed by atoms with Gasteiger partial charge in [-0.2, -0.15) is 0 Å². The molecule has 7 heteroatoms. The third-order valence-electron chi connectivity index (χ3n) is 9.39. The van der Waals surface area contributed by atoms with Crippen molar-refractivity contribution < 1.29 is 33.7 Å². The van der Waals surface area contributed by atoms with Crippen LogP contribution in [0.2, 0.25) is 0 Å². The number of carboxylic acid groups (broad SMARTS) is 1. The molecule has 5 unspecified atom stereocenters. The second-order valence-corrected chi connectivity index (χ2v) is 13.2. The van der Waals surface area contributed by atoms with Gasteiger partial charge in [-0.05, 0) is 104 Å². The molecular formula is C28H44O7. The van der Waals surface area contributed by atoms with Gasteiger partial charge in [0.2, 0.25) is 0 Å². The number of esters is 2. The monoisotopic (exact) mass is 492 g/mol. The van der Waals surface area contributed by atoms with E-state index in [9.17, 15) is 19.5 Å². The highest BCUT2D eigenvalue weighted by atomic mass is 16.6. The average molecular weight is 493 g/mol. The van der Waals surface area contributed by atoms with Crippen LogP contribution in [-0.4, -0.2) is 47.4 Å². The molecule has 5 aliphatic rings. The van der Waals surface area contributed by atoms with E-state index in [0.717, 1.165) is 38.5 Å². The molecule has 198 valence electrons. The van der Waals surface area contributed by atoms with Crippen molar-refractivity contribution in [3.8, 4) is 0 Å². The van der Waals surface area contributed by atoms with Crippen LogP contribution in [0, 0.1) is 28.1 Å². The van der Waals surface area contributed by atoms with Gasteiger partial charge in [0.1, 0.15) is 12.2 Å². The van der Waals surface area contributed by atoms with Crippen molar-refractivity contribution in [2.75, 3.05) is 6.61 Å². The van der Waals surface area contributed by atoms with Gasteiger partial charge in [0.25, 0.3) is 0 Å². The van der Waals surface area contributed by atoms with E-state index in [4.69, 9.17) is 14.2 Å². The summed E-state index contributed by atoms with van der Waals surface area (Å²) in [5, 5.41) is 9.99. The molecule has 0 aromatic heterocycles. The van der Waals surface area contributed by atoms with Gasteiger partial charge in [-0.25, -0.2) is 0 Å². The molecule has 0 aromatic rings. The van der Waals surface area contributed by atoms with Crippen molar-refractivity contribution in [3.05, 3.63) is 0 Å². The average Bonchev–Trinajstić information content (AvgIpc) is 2.75. The van der Waals surface area contributed by atoms with Crippen LogP contribution in [0.3, 0.4) is 0 Å². The van der Waals surface area contributed by atoms with E-state index in [1.807, 2.05) is 34.6 Å². The van der Waals surface area contributed by atoms with Crippen molar-refractivity contribution in [1.82, 2.24) is 0 Å². The van der Waals surface area contributed by atoms with Gasteiger partial charge in [-0.3, -0.25) is 14.4 Å². The smallest absolute Gasteiger partial charge is 0.312 e. The highest BCUT2D eigenvalue weighted by Crippen LogP contribution is 2.63. The fourth-order valence-electron chi connectivity index (χ4n) is 7.84. The van der Waals surface area contributed by atoms with E-state index < -0.39 is 27.8 Å². The number of carboxylic acids is 1. The summed E-state index contributed by atoms with van der Waals surface area (Å²) >= 11 is 0. The van der Waals surface area contributed by atoms with Crippen LogP contribution in [0.5, 0.6) is 0 Å². The van der Waals surface area contributed by atoms with Crippen LogP contribution in [0.25, 0.3) is 0 Å². The molecule has 4 bridgehead atoms. The molecule has 0 radical (unpaired) electrons. The molecule has 5 fully saturated rings. The zero-order valence-corrected chi connectivity index (χ0v) is 22.2. The number of carbonyl (C=O) groups is 3. The van der Waals surface area contributed by atoms with Crippen molar-refractivity contribution in [1.29, 1.82) is 0 Å². The molecular weight excluding hydrogens is 448 g/mol. The SMILES string of the molecule is CCC(C)(CC(C)(C)C(=O)OC12CC3CC(C1)CC(C(=O)O)(C3)C2)C(=O)OCC1CCCC(C)O1. The summed E-state index contributed by atoms with van der Waals surface area (Å²) in [5.74, 6) is -0.768. The first-order valence-electron chi connectivity index (χ1n) is 13.6. The summed E-state index contributed by atoms with van der Waals surface area (Å²) in [6.07, 6.45) is 8.33. The van der Waals surface area contributed by atoms with Gasteiger partial charge in [-0.1, -0.05) is 6.92 Å². The maximum Gasteiger partial charge on any atom is 0.312 e. The van der Waals surface area contributed by atoms with Crippen LogP contribution in [0.15, 0.2) is 0 Å². The molecule has 0 amide bonds. The molecule has 0 aromatic carbocycles. The number of carbonyl (C=O) groups excluding carboxylic acids is 2. The summed E-state index contributed by atoms with van der Waals surface area (Å²) < 4.78 is 17.8. The third-order valence-corrected chi connectivity index (χ3v) is 9.39. The predicted octanol–water partition coefficient (Wildman–Crippen LogP) is 5.29. The van der Waals surface area contributed by atoms with Crippen LogP contribution in [0.1, 0.15) is 105 Å². The first kappa shape index (κ1) is 26.4. The number of rotatable bonds is 9. The Morgan fingerprint density at radius 1 is 1.03 bits per heavy atom. The number of hydrogen-bond acceptors (Lipinski definition) is 6. The topological polar surface area (TPSA) is 99.1 Å². The Bertz CT molecular complexity index is 834. The van der Waals surface area contributed by atoms with E-state index >= 15 is 0 Å². The van der Waals surface area contributed by atoms with E-state index in [1.54, 1.807) is 0 Å². The summed E-state index contributed by atoms with van der Waals surface area (Å²) in [6, 6.07) is 0. The largest absolute Gasteiger partial charge is 0.481 e.